The average Bonchev–Trinajstić information content (AvgIpc) is 3.34. The Hall–Kier alpha value is -4.28. The molecule has 4 aromatic rings. The van der Waals surface area contributed by atoms with E-state index in [1.165, 1.54) is 6.33 Å². The zero-order chi connectivity index (χ0) is 28.1. The van der Waals surface area contributed by atoms with Crippen LogP contribution in [0.2, 0.25) is 19.1 Å². The number of nitrogens with zero attached hydrogens (tertiary/aromatic N) is 5. The van der Waals surface area contributed by atoms with Gasteiger partial charge in [-0.25, -0.2) is 14.6 Å². The van der Waals surface area contributed by atoms with Crippen LogP contribution in [-0.4, -0.2) is 56.8 Å². The number of anilines is 1. The van der Waals surface area contributed by atoms with E-state index in [4.69, 9.17) is 15.6 Å². The van der Waals surface area contributed by atoms with Crippen LogP contribution in [0.4, 0.5) is 5.82 Å². The highest BCUT2D eigenvalue weighted by Gasteiger charge is 2.23. The average molecular weight is 555 g/mol. The number of carbonyl (C=O) groups is 1. The van der Waals surface area contributed by atoms with Crippen LogP contribution in [-0.2, 0) is 4.79 Å². The van der Waals surface area contributed by atoms with Gasteiger partial charge in [-0.2, -0.15) is 5.10 Å². The van der Waals surface area contributed by atoms with E-state index in [0.29, 0.717) is 47.8 Å². The van der Waals surface area contributed by atoms with E-state index in [2.05, 4.69) is 16.0 Å². The Morgan fingerprint density at radius 2 is 1.85 bits per heavy atom. The standard InChI is InChI=1S/C30H34N6O3Si/c1-40(2,38)19-8-4-7-13-26(37)35-18-9-10-23(20-35)36-30-27(29(31)32-21-33-30)28(34-36)22-14-16-25(17-15-22)39-24-11-5-3-6-12-24/h3,5-7,10-17,21,38H,4,8-9,18-20H2,1-2H3,(H2,31,32,33)/b13-7+. The fourth-order valence-electron chi connectivity index (χ4n) is 4.69. The first-order chi connectivity index (χ1) is 19.3. The molecule has 40 heavy (non-hydrogen) atoms. The fraction of sp³-hybridized carbons (Fsp3) is 0.267. The van der Waals surface area contributed by atoms with Crippen LogP contribution in [0.25, 0.3) is 28.0 Å². The molecule has 0 fully saturated rings. The molecule has 3 heterocycles. The molecular weight excluding hydrogens is 520 g/mol. The number of hydrogen-bond acceptors (Lipinski definition) is 7. The van der Waals surface area contributed by atoms with E-state index >= 15 is 0 Å². The van der Waals surface area contributed by atoms with Gasteiger partial charge in [0.15, 0.2) is 14.0 Å². The van der Waals surface area contributed by atoms with Crippen molar-refractivity contribution in [1.82, 2.24) is 24.6 Å². The molecule has 206 valence electrons. The molecule has 0 saturated heterocycles. The Bertz CT molecular complexity index is 1540. The zero-order valence-electron chi connectivity index (χ0n) is 22.8. The van der Waals surface area contributed by atoms with Gasteiger partial charge in [0, 0.05) is 12.1 Å². The van der Waals surface area contributed by atoms with Gasteiger partial charge in [-0.05, 0) is 74.5 Å². The number of rotatable bonds is 9. The lowest BCUT2D eigenvalue weighted by Gasteiger charge is -2.26. The lowest BCUT2D eigenvalue weighted by atomic mass is 10.1. The van der Waals surface area contributed by atoms with Gasteiger partial charge >= 0.3 is 0 Å². The van der Waals surface area contributed by atoms with Crippen molar-refractivity contribution in [3.05, 3.63) is 79.2 Å². The molecule has 0 unspecified atom stereocenters. The molecule has 0 atom stereocenters. The van der Waals surface area contributed by atoms with Crippen molar-refractivity contribution >= 4 is 36.8 Å². The van der Waals surface area contributed by atoms with Crippen molar-refractivity contribution < 1.29 is 14.3 Å². The molecule has 0 aliphatic carbocycles. The van der Waals surface area contributed by atoms with Gasteiger partial charge in [-0.15, -0.1) is 0 Å². The van der Waals surface area contributed by atoms with Crippen LogP contribution < -0.4 is 10.5 Å². The van der Waals surface area contributed by atoms with Crippen molar-refractivity contribution in [1.29, 1.82) is 0 Å². The minimum Gasteiger partial charge on any atom is -0.457 e. The van der Waals surface area contributed by atoms with Crippen molar-refractivity contribution in [2.24, 2.45) is 0 Å². The lowest BCUT2D eigenvalue weighted by molar-refractivity contribution is -0.125. The quantitative estimate of drug-likeness (QED) is 0.160. The van der Waals surface area contributed by atoms with Crippen molar-refractivity contribution in [3.8, 4) is 22.8 Å². The highest BCUT2D eigenvalue weighted by molar-refractivity contribution is 6.69. The molecule has 1 aliphatic rings. The van der Waals surface area contributed by atoms with Gasteiger partial charge in [0.25, 0.3) is 0 Å². The molecule has 5 rings (SSSR count). The SMILES string of the molecule is C[Si](C)(O)CCC/C=C/C(=O)N1CCC=C(n2nc(-c3ccc(Oc4ccccc4)cc3)c3c(N)ncnc32)C1. The number of ether oxygens (including phenoxy) is 1. The Morgan fingerprint density at radius 1 is 1.10 bits per heavy atom. The monoisotopic (exact) mass is 554 g/mol. The Labute approximate surface area is 234 Å². The molecule has 2 aromatic heterocycles. The summed E-state index contributed by atoms with van der Waals surface area (Å²) >= 11 is 0. The predicted octanol–water partition coefficient (Wildman–Crippen LogP) is 5.47. The second kappa shape index (κ2) is 11.8. The van der Waals surface area contributed by atoms with E-state index in [1.54, 1.807) is 10.8 Å². The molecular formula is C30H34N6O3Si. The number of allylic oxidation sites excluding steroid dienone is 1. The largest absolute Gasteiger partial charge is 0.457 e. The Morgan fingerprint density at radius 3 is 2.60 bits per heavy atom. The maximum Gasteiger partial charge on any atom is 0.246 e. The van der Waals surface area contributed by atoms with Gasteiger partial charge < -0.3 is 20.2 Å². The van der Waals surface area contributed by atoms with Crippen LogP contribution in [0.1, 0.15) is 19.3 Å². The third-order valence-electron chi connectivity index (χ3n) is 6.74. The first-order valence-electron chi connectivity index (χ1n) is 13.5. The number of unbranched alkanes of at least 4 members (excludes halogenated alkanes) is 1. The smallest absolute Gasteiger partial charge is 0.246 e. The van der Waals surface area contributed by atoms with Gasteiger partial charge in [-0.3, -0.25) is 4.79 Å². The lowest BCUT2D eigenvalue weighted by Crippen LogP contribution is -2.35. The molecule has 1 aliphatic heterocycles. The number of aromatic nitrogens is 4. The molecule has 9 nitrogen and oxygen atoms in total. The summed E-state index contributed by atoms with van der Waals surface area (Å²) in [6, 6.07) is 18.1. The van der Waals surface area contributed by atoms with Crippen LogP contribution in [0.15, 0.2) is 79.2 Å². The molecule has 3 N–H and O–H groups in total. The maximum absolute atomic E-state index is 12.9. The molecule has 0 spiro atoms. The number of nitrogen functional groups attached to an aromatic ring is 1. The molecule has 0 radical (unpaired) electrons. The molecule has 1 amide bonds. The first-order valence-corrected chi connectivity index (χ1v) is 16.6. The summed E-state index contributed by atoms with van der Waals surface area (Å²) in [5.41, 5.74) is 9.29. The first kappa shape index (κ1) is 27.3. The van der Waals surface area contributed by atoms with Crippen molar-refractivity contribution in [2.75, 3.05) is 18.8 Å². The third-order valence-corrected chi connectivity index (χ3v) is 8.31. The summed E-state index contributed by atoms with van der Waals surface area (Å²) in [6.07, 6.45) is 9.43. The summed E-state index contributed by atoms with van der Waals surface area (Å²) < 4.78 is 7.71. The molecule has 0 saturated carbocycles. The maximum atomic E-state index is 12.9. The number of para-hydroxylation sites is 1. The highest BCUT2D eigenvalue weighted by Crippen LogP contribution is 2.33. The summed E-state index contributed by atoms with van der Waals surface area (Å²) in [5.74, 6) is 1.78. The Kier molecular flexibility index (Phi) is 8.08. The van der Waals surface area contributed by atoms with Gasteiger partial charge in [0.05, 0.1) is 17.6 Å². The van der Waals surface area contributed by atoms with Gasteiger partial charge in [-0.1, -0.05) is 36.8 Å². The van der Waals surface area contributed by atoms with E-state index in [1.807, 2.05) is 78.7 Å². The zero-order valence-corrected chi connectivity index (χ0v) is 23.8. The molecule has 0 bridgehead atoms. The number of nitrogens with two attached hydrogens (primary N) is 1. The summed E-state index contributed by atoms with van der Waals surface area (Å²) in [5, 5.41) is 5.58. The van der Waals surface area contributed by atoms with Crippen LogP contribution in [0.5, 0.6) is 11.5 Å². The van der Waals surface area contributed by atoms with Crippen LogP contribution in [0.3, 0.4) is 0 Å². The number of benzene rings is 2. The van der Waals surface area contributed by atoms with Crippen LogP contribution in [0, 0.1) is 0 Å². The van der Waals surface area contributed by atoms with E-state index in [-0.39, 0.29) is 5.91 Å². The summed E-state index contributed by atoms with van der Waals surface area (Å²) in [7, 11) is -2.05. The highest BCUT2D eigenvalue weighted by atomic mass is 28.4. The summed E-state index contributed by atoms with van der Waals surface area (Å²) in [6.45, 7) is 4.91. The predicted molar refractivity (Wildman–Crippen MR) is 160 cm³/mol. The normalized spacial score (nSPS) is 14.1. The fourth-order valence-corrected chi connectivity index (χ4v) is 5.76. The number of hydrogen-bond donors (Lipinski definition) is 2. The van der Waals surface area contributed by atoms with Gasteiger partial charge in [0.2, 0.25) is 5.91 Å². The topological polar surface area (TPSA) is 119 Å². The minimum absolute atomic E-state index is 0.0362. The minimum atomic E-state index is -2.05. The van der Waals surface area contributed by atoms with Gasteiger partial charge in [0.1, 0.15) is 29.3 Å². The van der Waals surface area contributed by atoms with Crippen LogP contribution >= 0.6 is 0 Å². The summed E-state index contributed by atoms with van der Waals surface area (Å²) in [4.78, 5) is 33.5. The number of carbonyl (C=O) groups excluding carboxylic acids is 1. The second-order valence-corrected chi connectivity index (χ2v) is 14.6. The van der Waals surface area contributed by atoms with E-state index in [9.17, 15) is 9.59 Å². The van der Waals surface area contributed by atoms with E-state index in [0.717, 1.165) is 35.9 Å². The number of fused-ring (bicyclic) bond motifs is 1. The van der Waals surface area contributed by atoms with E-state index < -0.39 is 8.32 Å². The molecule has 10 heteroatoms. The second-order valence-electron chi connectivity index (χ2n) is 10.5. The third kappa shape index (κ3) is 6.46. The number of amides is 1. The Balaban J connectivity index is 1.35. The molecule has 2 aromatic carbocycles. The van der Waals surface area contributed by atoms with Crippen molar-refractivity contribution in [3.63, 3.8) is 0 Å². The van der Waals surface area contributed by atoms with Crippen molar-refractivity contribution in [2.45, 2.75) is 38.4 Å².